The van der Waals surface area contributed by atoms with Crippen LogP contribution in [-0.2, 0) is 6.61 Å². The van der Waals surface area contributed by atoms with Crippen LogP contribution in [0.15, 0.2) is 66.2 Å². The number of benzene rings is 2. The van der Waals surface area contributed by atoms with Crippen molar-refractivity contribution >= 4 is 17.2 Å². The molecule has 0 aliphatic rings. The van der Waals surface area contributed by atoms with Gasteiger partial charge in [-0.15, -0.1) is 11.3 Å². The molecule has 0 saturated heterocycles. The van der Waals surface area contributed by atoms with Gasteiger partial charge in [-0.2, -0.15) is 5.10 Å². The Morgan fingerprint density at radius 1 is 1.13 bits per heavy atom. The molecule has 2 heterocycles. The minimum absolute atomic E-state index is 0.138. The Balaban J connectivity index is 1.38. The molecule has 4 rings (SSSR count). The quantitative estimate of drug-likeness (QED) is 0.445. The highest BCUT2D eigenvalue weighted by Crippen LogP contribution is 2.21. The number of aromatic nitrogens is 3. The van der Waals surface area contributed by atoms with E-state index in [-0.39, 0.29) is 11.9 Å². The van der Waals surface area contributed by atoms with Crippen molar-refractivity contribution in [3.63, 3.8) is 0 Å². The maximum atomic E-state index is 12.7. The van der Waals surface area contributed by atoms with Gasteiger partial charge in [0.05, 0.1) is 28.6 Å². The summed E-state index contributed by atoms with van der Waals surface area (Å²) in [4.78, 5) is 17.1. The number of amides is 1. The van der Waals surface area contributed by atoms with E-state index in [2.05, 4.69) is 15.4 Å². The Hall–Kier alpha value is -3.45. The fraction of sp³-hybridized carbons (Fsp3) is 0.208. The van der Waals surface area contributed by atoms with Gasteiger partial charge in [0.1, 0.15) is 12.4 Å². The van der Waals surface area contributed by atoms with Gasteiger partial charge in [-0.1, -0.05) is 18.2 Å². The predicted octanol–water partition coefficient (Wildman–Crippen LogP) is 5.02. The van der Waals surface area contributed by atoms with E-state index in [4.69, 9.17) is 4.74 Å². The largest absolute Gasteiger partial charge is 0.487 e. The summed E-state index contributed by atoms with van der Waals surface area (Å²) in [6, 6.07) is 16.9. The first-order valence-corrected chi connectivity index (χ1v) is 10.9. The lowest BCUT2D eigenvalue weighted by Gasteiger charge is -2.14. The topological polar surface area (TPSA) is 69.0 Å². The first-order chi connectivity index (χ1) is 15.0. The number of hydrogen-bond acceptors (Lipinski definition) is 5. The van der Waals surface area contributed by atoms with Gasteiger partial charge in [-0.05, 0) is 57.2 Å². The maximum Gasteiger partial charge on any atom is 0.251 e. The highest BCUT2D eigenvalue weighted by molar-refractivity contribution is 7.09. The Morgan fingerprint density at radius 2 is 1.87 bits per heavy atom. The zero-order valence-electron chi connectivity index (χ0n) is 17.7. The molecule has 0 bridgehead atoms. The van der Waals surface area contributed by atoms with E-state index in [1.54, 1.807) is 35.6 Å². The van der Waals surface area contributed by atoms with Crippen LogP contribution in [0.5, 0.6) is 5.75 Å². The standard InChI is InChI=1S/C24H24N4O2S/c1-16(23-13-25-28(17(23)2)21-7-5-4-6-8-21)26-24(29)19-9-11-22(12-10-19)30-14-20-15-31-18(3)27-20/h4-13,15-16H,14H2,1-3H3,(H,26,29). The minimum atomic E-state index is -0.172. The number of nitrogens with one attached hydrogen (secondary N) is 1. The fourth-order valence-electron chi connectivity index (χ4n) is 3.37. The van der Waals surface area contributed by atoms with Crippen molar-refractivity contribution in [2.24, 2.45) is 0 Å². The molecule has 4 aromatic rings. The van der Waals surface area contributed by atoms with Crippen molar-refractivity contribution in [3.8, 4) is 11.4 Å². The summed E-state index contributed by atoms with van der Waals surface area (Å²) in [5.74, 6) is 0.566. The molecular formula is C24H24N4O2S. The monoisotopic (exact) mass is 432 g/mol. The Bertz CT molecular complexity index is 1170. The highest BCUT2D eigenvalue weighted by Gasteiger charge is 2.17. The van der Waals surface area contributed by atoms with Crippen LogP contribution in [0.2, 0.25) is 0 Å². The minimum Gasteiger partial charge on any atom is -0.487 e. The second kappa shape index (κ2) is 9.14. The van der Waals surface area contributed by atoms with Gasteiger partial charge in [0.2, 0.25) is 0 Å². The number of thiazole rings is 1. The first kappa shape index (κ1) is 20.8. The van der Waals surface area contributed by atoms with Crippen LogP contribution in [0.1, 0.15) is 45.3 Å². The van der Waals surface area contributed by atoms with E-state index >= 15 is 0 Å². The summed E-state index contributed by atoms with van der Waals surface area (Å²) in [5.41, 5.74) is 4.46. The second-order valence-corrected chi connectivity index (χ2v) is 8.36. The van der Waals surface area contributed by atoms with Crippen LogP contribution in [0.25, 0.3) is 5.69 Å². The molecule has 1 unspecified atom stereocenters. The molecule has 158 valence electrons. The van der Waals surface area contributed by atoms with Gasteiger partial charge in [0, 0.05) is 22.2 Å². The highest BCUT2D eigenvalue weighted by atomic mass is 32.1. The molecular weight excluding hydrogens is 408 g/mol. The number of aryl methyl sites for hydroxylation is 1. The molecule has 7 heteroatoms. The zero-order chi connectivity index (χ0) is 21.8. The lowest BCUT2D eigenvalue weighted by molar-refractivity contribution is 0.0940. The summed E-state index contributed by atoms with van der Waals surface area (Å²) >= 11 is 1.60. The van der Waals surface area contributed by atoms with E-state index in [9.17, 15) is 4.79 Å². The Morgan fingerprint density at radius 3 is 2.55 bits per heavy atom. The van der Waals surface area contributed by atoms with E-state index in [1.165, 1.54) is 0 Å². The van der Waals surface area contributed by atoms with Crippen molar-refractivity contribution in [2.45, 2.75) is 33.4 Å². The lowest BCUT2D eigenvalue weighted by atomic mass is 10.1. The van der Waals surface area contributed by atoms with Gasteiger partial charge < -0.3 is 10.1 Å². The van der Waals surface area contributed by atoms with Crippen LogP contribution in [0.4, 0.5) is 0 Å². The van der Waals surface area contributed by atoms with Crippen LogP contribution in [-0.4, -0.2) is 20.7 Å². The molecule has 6 nitrogen and oxygen atoms in total. The van der Waals surface area contributed by atoms with Gasteiger partial charge in [0.25, 0.3) is 5.91 Å². The molecule has 1 amide bonds. The molecule has 2 aromatic heterocycles. The van der Waals surface area contributed by atoms with Crippen molar-refractivity contribution in [1.29, 1.82) is 0 Å². The third kappa shape index (κ3) is 4.83. The maximum absolute atomic E-state index is 12.7. The van der Waals surface area contributed by atoms with Gasteiger partial charge in [-0.25, -0.2) is 9.67 Å². The van der Waals surface area contributed by atoms with Crippen molar-refractivity contribution in [2.75, 3.05) is 0 Å². The molecule has 0 radical (unpaired) electrons. The van der Waals surface area contributed by atoms with E-state index < -0.39 is 0 Å². The van der Waals surface area contributed by atoms with Crippen LogP contribution < -0.4 is 10.1 Å². The summed E-state index contributed by atoms with van der Waals surface area (Å²) in [5, 5.41) is 10.6. The average Bonchev–Trinajstić information content (AvgIpc) is 3.38. The van der Waals surface area contributed by atoms with E-state index in [0.29, 0.717) is 17.9 Å². The molecule has 0 fully saturated rings. The number of ether oxygens (including phenoxy) is 1. The van der Waals surface area contributed by atoms with Crippen molar-refractivity contribution < 1.29 is 9.53 Å². The van der Waals surface area contributed by atoms with Gasteiger partial charge in [-0.3, -0.25) is 4.79 Å². The summed E-state index contributed by atoms with van der Waals surface area (Å²) in [7, 11) is 0. The molecule has 1 N–H and O–H groups in total. The summed E-state index contributed by atoms with van der Waals surface area (Å²) in [6.45, 7) is 6.35. The lowest BCUT2D eigenvalue weighted by Crippen LogP contribution is -2.26. The van der Waals surface area contributed by atoms with Crippen molar-refractivity contribution in [1.82, 2.24) is 20.1 Å². The third-order valence-corrected chi connectivity index (χ3v) is 5.85. The summed E-state index contributed by atoms with van der Waals surface area (Å²) in [6.07, 6.45) is 1.81. The summed E-state index contributed by atoms with van der Waals surface area (Å²) < 4.78 is 7.64. The Kier molecular flexibility index (Phi) is 6.13. The number of para-hydroxylation sites is 1. The number of rotatable bonds is 7. The molecule has 0 aliphatic heterocycles. The number of hydrogen-bond donors (Lipinski definition) is 1. The van der Waals surface area contributed by atoms with Crippen LogP contribution in [0.3, 0.4) is 0 Å². The number of carbonyl (C=O) groups excluding carboxylic acids is 1. The number of nitrogens with zero attached hydrogens (tertiary/aromatic N) is 3. The normalized spacial score (nSPS) is 11.8. The molecule has 31 heavy (non-hydrogen) atoms. The predicted molar refractivity (Wildman–Crippen MR) is 122 cm³/mol. The molecule has 2 aromatic carbocycles. The smallest absolute Gasteiger partial charge is 0.251 e. The van der Waals surface area contributed by atoms with E-state index in [1.807, 2.05) is 67.4 Å². The number of carbonyl (C=O) groups is 1. The van der Waals surface area contributed by atoms with Crippen LogP contribution in [0, 0.1) is 13.8 Å². The SMILES string of the molecule is Cc1nc(COc2ccc(C(=O)NC(C)c3cnn(-c4ccccc4)c3C)cc2)cs1. The van der Waals surface area contributed by atoms with Gasteiger partial charge >= 0.3 is 0 Å². The molecule has 0 aliphatic carbocycles. The average molecular weight is 433 g/mol. The molecule has 0 spiro atoms. The first-order valence-electron chi connectivity index (χ1n) is 10.1. The van der Waals surface area contributed by atoms with Crippen LogP contribution >= 0.6 is 11.3 Å². The molecule has 1 atom stereocenters. The fourth-order valence-corrected chi connectivity index (χ4v) is 3.97. The van der Waals surface area contributed by atoms with E-state index in [0.717, 1.165) is 27.6 Å². The Labute approximate surface area is 185 Å². The zero-order valence-corrected chi connectivity index (χ0v) is 18.5. The van der Waals surface area contributed by atoms with Crippen molar-refractivity contribution in [3.05, 3.63) is 93.7 Å². The molecule has 0 saturated carbocycles. The van der Waals surface area contributed by atoms with Gasteiger partial charge in [0.15, 0.2) is 0 Å². The second-order valence-electron chi connectivity index (χ2n) is 7.30. The third-order valence-electron chi connectivity index (χ3n) is 5.03.